The van der Waals surface area contributed by atoms with Crippen molar-refractivity contribution in [2.45, 2.75) is 17.7 Å². The van der Waals surface area contributed by atoms with Gasteiger partial charge in [0.25, 0.3) is 5.22 Å². The maximum Gasteiger partial charge on any atom is 0.256 e. The molecule has 0 aliphatic heterocycles. The quantitative estimate of drug-likeness (QED) is 0.776. The highest BCUT2D eigenvalue weighted by Gasteiger charge is 2.10. The molecule has 1 unspecified atom stereocenters. The van der Waals surface area contributed by atoms with Crippen LogP contribution in [0.3, 0.4) is 0 Å². The number of nitrogens with zero attached hydrogens (tertiary/aromatic N) is 1. The van der Waals surface area contributed by atoms with Gasteiger partial charge in [0.1, 0.15) is 5.52 Å². The molecule has 0 saturated heterocycles. The van der Waals surface area contributed by atoms with E-state index in [9.17, 15) is 4.79 Å². The number of thioether (sulfide) groups is 1. The Morgan fingerprint density at radius 2 is 2.24 bits per heavy atom. The van der Waals surface area contributed by atoms with Gasteiger partial charge in [-0.25, -0.2) is 4.98 Å². The Morgan fingerprint density at radius 3 is 2.94 bits per heavy atom. The van der Waals surface area contributed by atoms with Gasteiger partial charge in [-0.05, 0) is 18.6 Å². The fourth-order valence-corrected chi connectivity index (χ4v) is 2.19. The number of nitrogens with two attached hydrogens (primary N) is 2. The first kappa shape index (κ1) is 11.9. The summed E-state index contributed by atoms with van der Waals surface area (Å²) in [6.07, 6.45) is 0.513. The van der Waals surface area contributed by atoms with E-state index in [1.165, 1.54) is 11.8 Å². The van der Waals surface area contributed by atoms with E-state index in [1.54, 1.807) is 0 Å². The molecule has 0 aliphatic carbocycles. The number of carbonyl (C=O) groups is 1. The van der Waals surface area contributed by atoms with Crippen LogP contribution in [0.2, 0.25) is 0 Å². The fourth-order valence-electron chi connectivity index (χ4n) is 1.33. The molecule has 5 nitrogen and oxygen atoms in total. The Hall–Kier alpha value is -1.53. The first-order valence-electron chi connectivity index (χ1n) is 5.20. The van der Waals surface area contributed by atoms with Crippen LogP contribution in [-0.4, -0.2) is 22.7 Å². The van der Waals surface area contributed by atoms with Gasteiger partial charge in [-0.1, -0.05) is 23.9 Å². The average molecular weight is 251 g/mol. The molecule has 0 radical (unpaired) electrons. The minimum absolute atomic E-state index is 0.483. The summed E-state index contributed by atoms with van der Waals surface area (Å²) >= 11 is 1.43. The summed E-state index contributed by atoms with van der Waals surface area (Å²) in [4.78, 5) is 15.0. The number of carbonyl (C=O) groups excluding carboxylic acids is 1. The molecule has 0 aliphatic rings. The molecule has 2 aromatic rings. The molecule has 17 heavy (non-hydrogen) atoms. The molecule has 2 rings (SSSR count). The second-order valence-corrected chi connectivity index (χ2v) is 4.64. The van der Waals surface area contributed by atoms with Crippen LogP contribution >= 0.6 is 11.8 Å². The van der Waals surface area contributed by atoms with E-state index in [0.717, 1.165) is 11.1 Å². The van der Waals surface area contributed by atoms with Crippen molar-refractivity contribution in [3.8, 4) is 0 Å². The van der Waals surface area contributed by atoms with Crippen LogP contribution in [0.25, 0.3) is 11.1 Å². The lowest BCUT2D eigenvalue weighted by Gasteiger charge is -2.04. The van der Waals surface area contributed by atoms with Gasteiger partial charge < -0.3 is 15.9 Å². The molecule has 0 bridgehead atoms. The minimum Gasteiger partial charge on any atom is -0.431 e. The number of amides is 1. The zero-order valence-corrected chi connectivity index (χ0v) is 9.94. The minimum atomic E-state index is -0.605. The number of para-hydroxylation sites is 2. The molecule has 0 fully saturated rings. The summed E-state index contributed by atoms with van der Waals surface area (Å²) in [7, 11) is 0. The third-order valence-corrected chi connectivity index (χ3v) is 3.16. The SMILES string of the molecule is NC(=O)C(N)CCSc1nc2ccccc2o1. The van der Waals surface area contributed by atoms with Crippen molar-refractivity contribution in [3.05, 3.63) is 24.3 Å². The summed E-state index contributed by atoms with van der Waals surface area (Å²) in [5, 5.41) is 0.586. The van der Waals surface area contributed by atoms with Gasteiger partial charge in [0.2, 0.25) is 5.91 Å². The van der Waals surface area contributed by atoms with E-state index < -0.39 is 11.9 Å². The van der Waals surface area contributed by atoms with Crippen molar-refractivity contribution in [2.75, 3.05) is 5.75 Å². The van der Waals surface area contributed by atoms with E-state index in [1.807, 2.05) is 24.3 Å². The van der Waals surface area contributed by atoms with Crippen molar-refractivity contribution < 1.29 is 9.21 Å². The summed E-state index contributed by atoms with van der Waals surface area (Å²) in [6.45, 7) is 0. The molecule has 1 heterocycles. The number of oxazole rings is 1. The number of benzene rings is 1. The number of aromatic nitrogens is 1. The van der Waals surface area contributed by atoms with E-state index in [-0.39, 0.29) is 0 Å². The van der Waals surface area contributed by atoms with Crippen molar-refractivity contribution in [1.82, 2.24) is 4.98 Å². The second-order valence-electron chi connectivity index (χ2n) is 3.59. The zero-order chi connectivity index (χ0) is 12.3. The first-order chi connectivity index (χ1) is 8.16. The van der Waals surface area contributed by atoms with Gasteiger partial charge in [0.05, 0.1) is 6.04 Å². The van der Waals surface area contributed by atoms with Crippen molar-refractivity contribution in [3.63, 3.8) is 0 Å². The van der Waals surface area contributed by atoms with Crippen molar-refractivity contribution in [2.24, 2.45) is 11.5 Å². The number of hydrogen-bond donors (Lipinski definition) is 2. The lowest BCUT2D eigenvalue weighted by molar-refractivity contribution is -0.119. The summed E-state index contributed by atoms with van der Waals surface area (Å²) in [6, 6.07) is 6.94. The Bertz CT molecular complexity index is 493. The zero-order valence-electron chi connectivity index (χ0n) is 9.13. The Kier molecular flexibility index (Phi) is 3.65. The predicted molar refractivity (Wildman–Crippen MR) is 66.5 cm³/mol. The lowest BCUT2D eigenvalue weighted by atomic mass is 10.2. The highest BCUT2D eigenvalue weighted by atomic mass is 32.2. The molecule has 1 aromatic heterocycles. The van der Waals surface area contributed by atoms with Crippen LogP contribution in [0, 0.1) is 0 Å². The number of rotatable bonds is 5. The van der Waals surface area contributed by atoms with E-state index in [0.29, 0.717) is 17.4 Å². The predicted octanol–water partition coefficient (Wildman–Crippen LogP) is 1.12. The molecule has 4 N–H and O–H groups in total. The highest BCUT2D eigenvalue weighted by molar-refractivity contribution is 7.99. The molecule has 6 heteroatoms. The maximum absolute atomic E-state index is 10.7. The lowest BCUT2D eigenvalue weighted by Crippen LogP contribution is -2.36. The van der Waals surface area contributed by atoms with Crippen LogP contribution in [0.4, 0.5) is 0 Å². The second kappa shape index (κ2) is 5.20. The monoisotopic (exact) mass is 251 g/mol. The Labute approximate surface area is 103 Å². The fraction of sp³-hybridized carbons (Fsp3) is 0.273. The number of primary amides is 1. The third kappa shape index (κ3) is 2.98. The van der Waals surface area contributed by atoms with E-state index >= 15 is 0 Å². The van der Waals surface area contributed by atoms with Crippen LogP contribution in [0.5, 0.6) is 0 Å². The number of hydrogen-bond acceptors (Lipinski definition) is 5. The van der Waals surface area contributed by atoms with Gasteiger partial charge in [0.15, 0.2) is 5.58 Å². The normalized spacial score (nSPS) is 12.8. The number of fused-ring (bicyclic) bond motifs is 1. The summed E-state index contributed by atoms with van der Waals surface area (Å²) in [5.41, 5.74) is 12.2. The van der Waals surface area contributed by atoms with Crippen LogP contribution in [0.15, 0.2) is 33.9 Å². The van der Waals surface area contributed by atoms with Crippen molar-refractivity contribution in [1.29, 1.82) is 0 Å². The summed E-state index contributed by atoms with van der Waals surface area (Å²) in [5.74, 6) is 0.167. The smallest absolute Gasteiger partial charge is 0.256 e. The maximum atomic E-state index is 10.7. The van der Waals surface area contributed by atoms with Crippen molar-refractivity contribution >= 4 is 28.8 Å². The molecule has 1 atom stereocenters. The Morgan fingerprint density at radius 1 is 1.47 bits per heavy atom. The van der Waals surface area contributed by atoms with Gasteiger partial charge in [0, 0.05) is 5.75 Å². The average Bonchev–Trinajstić information content (AvgIpc) is 2.71. The molecular formula is C11H13N3O2S. The standard InChI is InChI=1S/C11H13N3O2S/c12-7(10(13)15)5-6-17-11-14-8-3-1-2-4-9(8)16-11/h1-4,7H,5-6,12H2,(H2,13,15). The van der Waals surface area contributed by atoms with Gasteiger partial charge >= 0.3 is 0 Å². The van der Waals surface area contributed by atoms with Crippen LogP contribution in [-0.2, 0) is 4.79 Å². The Balaban J connectivity index is 1.93. The van der Waals surface area contributed by atoms with Crippen LogP contribution in [0.1, 0.15) is 6.42 Å². The van der Waals surface area contributed by atoms with Gasteiger partial charge in [-0.2, -0.15) is 0 Å². The molecule has 90 valence electrons. The molecule has 1 aromatic carbocycles. The van der Waals surface area contributed by atoms with Gasteiger partial charge in [-0.15, -0.1) is 0 Å². The third-order valence-electron chi connectivity index (χ3n) is 2.29. The topological polar surface area (TPSA) is 95.1 Å². The molecule has 0 saturated carbocycles. The first-order valence-corrected chi connectivity index (χ1v) is 6.18. The van der Waals surface area contributed by atoms with E-state index in [4.69, 9.17) is 15.9 Å². The molecule has 0 spiro atoms. The molecular weight excluding hydrogens is 238 g/mol. The highest BCUT2D eigenvalue weighted by Crippen LogP contribution is 2.23. The van der Waals surface area contributed by atoms with E-state index in [2.05, 4.69) is 4.98 Å². The van der Waals surface area contributed by atoms with Gasteiger partial charge in [-0.3, -0.25) is 4.79 Å². The summed E-state index contributed by atoms with van der Waals surface area (Å²) < 4.78 is 5.51. The largest absolute Gasteiger partial charge is 0.431 e. The molecule has 1 amide bonds. The van der Waals surface area contributed by atoms with Crippen LogP contribution < -0.4 is 11.5 Å².